The summed E-state index contributed by atoms with van der Waals surface area (Å²) in [5.41, 5.74) is 6.15. The maximum atomic E-state index is 13.9. The smallest absolute Gasteiger partial charge is 0.287 e. The average molecular weight is 631 g/mol. The summed E-state index contributed by atoms with van der Waals surface area (Å²) >= 11 is 1.37. The van der Waals surface area contributed by atoms with Crippen LogP contribution in [0.3, 0.4) is 0 Å². The van der Waals surface area contributed by atoms with E-state index in [0.29, 0.717) is 25.8 Å². The highest BCUT2D eigenvalue weighted by Gasteiger charge is 2.47. The molecule has 1 fully saturated rings. The third kappa shape index (κ3) is 8.39. The Kier molecular flexibility index (Phi) is 10.9. The van der Waals surface area contributed by atoms with E-state index in [1.165, 1.54) is 16.3 Å². The molecule has 0 bridgehead atoms. The minimum absolute atomic E-state index is 0.00402. The first-order chi connectivity index (χ1) is 20.4. The van der Waals surface area contributed by atoms with Crippen LogP contribution in [0.15, 0.2) is 58.9 Å². The van der Waals surface area contributed by atoms with E-state index in [-0.39, 0.29) is 35.4 Å². The van der Waals surface area contributed by atoms with Crippen molar-refractivity contribution in [2.24, 2.45) is 11.8 Å². The highest BCUT2D eigenvalue weighted by molar-refractivity contribution is 7.91. The first-order valence-electron chi connectivity index (χ1n) is 15.0. The van der Waals surface area contributed by atoms with Crippen molar-refractivity contribution in [2.75, 3.05) is 18.8 Å². The van der Waals surface area contributed by atoms with Gasteiger partial charge in [-0.1, -0.05) is 58.0 Å². The van der Waals surface area contributed by atoms with Gasteiger partial charge >= 0.3 is 0 Å². The zero-order chi connectivity index (χ0) is 31.2. The molecule has 4 atom stereocenters. The van der Waals surface area contributed by atoms with Crippen molar-refractivity contribution >= 4 is 43.2 Å². The normalized spacial score (nSPS) is 18.3. The zero-order valence-corrected chi connectivity index (χ0v) is 27.0. The number of quaternary nitrogens is 1. The Balaban J connectivity index is 1.68. The Hall–Kier alpha value is -2.90. The van der Waals surface area contributed by atoms with Crippen molar-refractivity contribution in [3.05, 3.63) is 59.6 Å². The van der Waals surface area contributed by atoms with Gasteiger partial charge in [0.15, 0.2) is 16.4 Å². The molecule has 10 nitrogen and oxygen atoms in total. The van der Waals surface area contributed by atoms with E-state index < -0.39 is 38.6 Å². The van der Waals surface area contributed by atoms with Crippen LogP contribution in [0.4, 0.5) is 0 Å². The minimum Gasteiger partial charge on any atom is -0.306 e. The molecule has 3 aromatic rings. The van der Waals surface area contributed by atoms with E-state index in [2.05, 4.69) is 15.7 Å². The Labute approximate surface area is 258 Å². The summed E-state index contributed by atoms with van der Waals surface area (Å²) in [6.07, 6.45) is 2.56. The summed E-state index contributed by atoms with van der Waals surface area (Å²) in [5.74, 6) is -1.65. The molecule has 1 aromatic heterocycles. The van der Waals surface area contributed by atoms with Gasteiger partial charge in [-0.2, -0.15) is 5.21 Å². The van der Waals surface area contributed by atoms with Gasteiger partial charge in [-0.3, -0.25) is 9.59 Å². The molecular weight excluding hydrogens is 587 g/mol. The molecule has 1 aliphatic heterocycles. The molecule has 2 aromatic carbocycles. The molecule has 0 radical (unpaired) electrons. The summed E-state index contributed by atoms with van der Waals surface area (Å²) in [5, 5.41) is 16.9. The van der Waals surface area contributed by atoms with E-state index in [9.17, 15) is 23.2 Å². The van der Waals surface area contributed by atoms with E-state index >= 15 is 0 Å². The first kappa shape index (κ1) is 33.0. The van der Waals surface area contributed by atoms with Crippen LogP contribution < -0.4 is 10.7 Å². The molecule has 2 amide bonds. The second kappa shape index (κ2) is 14.3. The van der Waals surface area contributed by atoms with Crippen LogP contribution in [0, 0.1) is 11.8 Å². The van der Waals surface area contributed by atoms with Crippen molar-refractivity contribution in [2.45, 2.75) is 76.8 Å². The SMILES string of the molecule is CCC(Cc1ccccc1)N(C(=O)CC(C)C)[N+](O)(C[C@@H](C)CS(=O)(=O)c1ccc2ncsc2c1)NC(=O)C1CCCN1. The first-order valence-corrected chi connectivity index (χ1v) is 17.5. The van der Waals surface area contributed by atoms with Crippen LogP contribution in [-0.2, 0) is 25.8 Å². The fourth-order valence-electron chi connectivity index (χ4n) is 5.73. The molecule has 4 rings (SSSR count). The van der Waals surface area contributed by atoms with Gasteiger partial charge in [0.2, 0.25) is 0 Å². The summed E-state index contributed by atoms with van der Waals surface area (Å²) in [4.78, 5) is 30.6. The fourth-order valence-corrected chi connectivity index (χ4v) is 8.14. The van der Waals surface area contributed by atoms with Gasteiger partial charge in [-0.05, 0) is 61.9 Å². The van der Waals surface area contributed by atoms with Crippen LogP contribution in [0.25, 0.3) is 10.2 Å². The molecule has 12 heteroatoms. The number of carbonyl (C=O) groups excluding carboxylic acids is 2. The predicted octanol–water partition coefficient (Wildman–Crippen LogP) is 4.51. The fraction of sp³-hybridized carbons (Fsp3) is 0.516. The van der Waals surface area contributed by atoms with Crippen LogP contribution in [0.5, 0.6) is 0 Å². The molecule has 1 saturated heterocycles. The molecular formula is C31H44N5O5S2+. The Morgan fingerprint density at radius 3 is 2.58 bits per heavy atom. The number of hydroxylamine groups is 1. The standard InChI is InChI=1S/C31H43N5O5S2/c1-5-25(17-24-10-7-6-8-11-24)35(30(37)16-22(2)3)36(39,34-31(38)28-12-9-15-32-28)19-23(4)20-43(40,41)26-13-14-27-29(18-26)42-21-33-27/h6-8,10-11,13-14,18,21-23,25,28,32,39H,5,9,12,15-17,19-20H2,1-4H3/p+1/t23-,25?,28?,36?/m1/s1. The summed E-state index contributed by atoms with van der Waals surface area (Å²) in [6.45, 7) is 7.99. The third-order valence-corrected chi connectivity index (χ3v) is 10.5. The van der Waals surface area contributed by atoms with Gasteiger partial charge in [0.05, 0.1) is 38.5 Å². The number of aromatic nitrogens is 1. The molecule has 3 N–H and O–H groups in total. The Morgan fingerprint density at radius 1 is 1.19 bits per heavy atom. The number of sulfone groups is 1. The van der Waals surface area contributed by atoms with Crippen LogP contribution in [0.2, 0.25) is 0 Å². The number of amides is 2. The number of carbonyl (C=O) groups is 2. The predicted molar refractivity (Wildman–Crippen MR) is 167 cm³/mol. The van der Waals surface area contributed by atoms with E-state index in [1.807, 2.05) is 51.1 Å². The monoisotopic (exact) mass is 630 g/mol. The van der Waals surface area contributed by atoms with E-state index in [1.54, 1.807) is 30.6 Å². The minimum atomic E-state index is -3.76. The Bertz CT molecular complexity index is 1490. The number of benzene rings is 2. The molecule has 234 valence electrons. The summed E-state index contributed by atoms with van der Waals surface area (Å²) < 4.78 is 27.8. The topological polar surface area (TPSA) is 129 Å². The highest BCUT2D eigenvalue weighted by Crippen LogP contribution is 2.26. The van der Waals surface area contributed by atoms with Crippen molar-refractivity contribution in [1.29, 1.82) is 0 Å². The second-order valence-corrected chi connectivity index (χ2v) is 14.9. The van der Waals surface area contributed by atoms with Gasteiger partial charge < -0.3 is 5.32 Å². The third-order valence-electron chi connectivity index (χ3n) is 7.72. The molecule has 2 heterocycles. The van der Waals surface area contributed by atoms with E-state index in [4.69, 9.17) is 0 Å². The molecule has 1 aliphatic rings. The number of thiazole rings is 1. The number of hydrogen-bond acceptors (Lipinski definition) is 8. The molecule has 3 unspecified atom stereocenters. The van der Waals surface area contributed by atoms with Gasteiger partial charge in [-0.15, -0.1) is 21.8 Å². The lowest BCUT2D eigenvalue weighted by atomic mass is 10.0. The number of fused-ring (bicyclic) bond motifs is 1. The molecule has 0 spiro atoms. The Morgan fingerprint density at radius 2 is 1.93 bits per heavy atom. The summed E-state index contributed by atoms with van der Waals surface area (Å²) in [7, 11) is -3.76. The number of nitrogens with zero attached hydrogens (tertiary/aromatic N) is 3. The van der Waals surface area contributed by atoms with Crippen LogP contribution in [0.1, 0.15) is 58.9 Å². The zero-order valence-electron chi connectivity index (χ0n) is 25.4. The van der Waals surface area contributed by atoms with Gasteiger partial charge in [0.1, 0.15) is 0 Å². The summed E-state index contributed by atoms with van der Waals surface area (Å²) in [6, 6.07) is 13.6. The number of rotatable bonds is 14. The van der Waals surface area contributed by atoms with Gasteiger partial charge in [0, 0.05) is 17.2 Å². The van der Waals surface area contributed by atoms with Crippen LogP contribution in [-0.4, -0.2) is 71.2 Å². The molecule has 0 aliphatic carbocycles. The lowest BCUT2D eigenvalue weighted by molar-refractivity contribution is -1.21. The maximum Gasteiger partial charge on any atom is 0.287 e. The number of hydrogen-bond donors (Lipinski definition) is 3. The molecule has 43 heavy (non-hydrogen) atoms. The molecule has 0 saturated carbocycles. The highest BCUT2D eigenvalue weighted by atomic mass is 32.2. The van der Waals surface area contributed by atoms with Crippen molar-refractivity contribution in [3.8, 4) is 0 Å². The van der Waals surface area contributed by atoms with E-state index in [0.717, 1.165) is 22.2 Å². The van der Waals surface area contributed by atoms with Crippen LogP contribution >= 0.6 is 11.3 Å². The van der Waals surface area contributed by atoms with Crippen molar-refractivity contribution in [1.82, 2.24) is 20.7 Å². The van der Waals surface area contributed by atoms with Gasteiger partial charge in [-0.25, -0.2) is 13.4 Å². The van der Waals surface area contributed by atoms with Crippen molar-refractivity contribution < 1.29 is 28.1 Å². The largest absolute Gasteiger partial charge is 0.306 e. The quantitative estimate of drug-likeness (QED) is 0.177. The lowest BCUT2D eigenvalue weighted by Crippen LogP contribution is -2.73. The van der Waals surface area contributed by atoms with Gasteiger partial charge in [0.25, 0.3) is 11.8 Å². The second-order valence-electron chi connectivity index (χ2n) is 12.0. The number of nitrogens with one attached hydrogen (secondary N) is 2. The lowest BCUT2D eigenvalue weighted by Gasteiger charge is -2.43. The average Bonchev–Trinajstić information content (AvgIpc) is 3.64. The van der Waals surface area contributed by atoms with Crippen molar-refractivity contribution in [3.63, 3.8) is 0 Å². The maximum absolute atomic E-state index is 13.9.